The molecule has 4 aromatic rings. The van der Waals surface area contributed by atoms with Crippen molar-refractivity contribution < 1.29 is 28.7 Å². The maximum atomic E-state index is 15.1. The Bertz CT molecular complexity index is 1890. The molecule has 0 spiro atoms. The molecule has 2 N–H and O–H groups in total. The number of aliphatic hydroxyl groups excluding tert-OH is 1. The quantitative estimate of drug-likeness (QED) is 0.0242. The van der Waals surface area contributed by atoms with Crippen molar-refractivity contribution in [3.63, 3.8) is 0 Å². The fraction of sp³-hybridized carbons (Fsp3) is 0.333. The van der Waals surface area contributed by atoms with E-state index in [-0.39, 0.29) is 41.8 Å². The summed E-state index contributed by atoms with van der Waals surface area (Å²) in [6.45, 7) is 14.3. The predicted octanol–water partition coefficient (Wildman–Crippen LogP) is 6.43. The number of aliphatic hydroxyl groups is 1. The molecule has 0 saturated carbocycles. The van der Waals surface area contributed by atoms with Crippen molar-refractivity contribution in [2.45, 2.75) is 70.9 Å². The van der Waals surface area contributed by atoms with Crippen LogP contribution in [0.4, 0.5) is 0 Å². The van der Waals surface area contributed by atoms with Crippen LogP contribution in [-0.2, 0) is 25.3 Å². The molecule has 0 aromatic heterocycles. The zero-order valence-corrected chi connectivity index (χ0v) is 34.8. The molecular formula is C45H55N2O6PSi. The number of ether oxygens (including phenoxy) is 1. The van der Waals surface area contributed by atoms with E-state index < -0.39 is 39.2 Å². The first-order valence-electron chi connectivity index (χ1n) is 18.9. The van der Waals surface area contributed by atoms with E-state index in [4.69, 9.17) is 14.3 Å². The van der Waals surface area contributed by atoms with Crippen LogP contribution in [0.25, 0.3) is 0 Å². The zero-order valence-electron chi connectivity index (χ0n) is 32.9. The fourth-order valence-corrected chi connectivity index (χ4v) is 12.9. The average molecular weight is 779 g/mol. The third kappa shape index (κ3) is 8.87. The number of benzene rings is 4. The van der Waals surface area contributed by atoms with Crippen molar-refractivity contribution in [2.75, 3.05) is 19.8 Å². The molecule has 0 bridgehead atoms. The fourth-order valence-electron chi connectivity index (χ4n) is 7.07. The monoisotopic (exact) mass is 778 g/mol. The standard InChI is InChI=1S/C45H55N2O6PSi/c1-8-30-52-44(51)43(54(36-18-12-9-13-19-36,37-20-14-10-15-21-37)38-22-16-11-17-23-38)47-39(41(42(47)50)33(2)53-55(6,7)45(3,4)5)31-40(49)35-26-24-34(25-27-35)32-46-28-29-48/h8-27,33,39,41,46,48H,1,28-32H2,2-7H3/t33-,39+,41+/m0/s1. The molecular weight excluding hydrogens is 724 g/mol. The molecule has 10 heteroatoms. The van der Waals surface area contributed by atoms with Gasteiger partial charge >= 0.3 is 5.97 Å². The second kappa shape index (κ2) is 18.1. The molecule has 1 heterocycles. The second-order valence-corrected chi connectivity index (χ2v) is 23.6. The van der Waals surface area contributed by atoms with E-state index in [0.717, 1.165) is 21.5 Å². The summed E-state index contributed by atoms with van der Waals surface area (Å²) in [6.07, 6.45) is 0.967. The zero-order chi connectivity index (χ0) is 39.8. The Labute approximate surface area is 327 Å². The van der Waals surface area contributed by atoms with Crippen LogP contribution in [0, 0.1) is 5.92 Å². The van der Waals surface area contributed by atoms with E-state index >= 15 is 4.79 Å². The molecule has 4 aromatic carbocycles. The van der Waals surface area contributed by atoms with Gasteiger partial charge in [0, 0.05) is 32.0 Å². The number of nitrogens with zero attached hydrogens (tertiary/aromatic N) is 1. The van der Waals surface area contributed by atoms with Crippen molar-refractivity contribution in [2.24, 2.45) is 5.92 Å². The molecule has 1 aliphatic rings. The van der Waals surface area contributed by atoms with Gasteiger partial charge in [0.15, 0.2) is 14.1 Å². The molecule has 1 saturated heterocycles. The molecule has 5 rings (SSSR count). The van der Waals surface area contributed by atoms with Crippen molar-refractivity contribution in [1.29, 1.82) is 0 Å². The normalized spacial score (nSPS) is 16.6. The van der Waals surface area contributed by atoms with Gasteiger partial charge in [-0.05, 0) is 46.5 Å². The summed E-state index contributed by atoms with van der Waals surface area (Å²) in [4.78, 5) is 46.0. The number of hydrogen-bond donors (Lipinski definition) is 2. The molecule has 1 fully saturated rings. The van der Waals surface area contributed by atoms with Crippen molar-refractivity contribution in [3.05, 3.63) is 139 Å². The van der Waals surface area contributed by atoms with Crippen LogP contribution in [-0.4, -0.2) is 73.3 Å². The van der Waals surface area contributed by atoms with E-state index in [0.29, 0.717) is 18.7 Å². The lowest BCUT2D eigenvalue weighted by molar-refractivity contribution is -0.156. The number of ketones is 1. The molecule has 290 valence electrons. The van der Waals surface area contributed by atoms with Gasteiger partial charge < -0.3 is 24.5 Å². The van der Waals surface area contributed by atoms with Gasteiger partial charge in [0.2, 0.25) is 5.91 Å². The minimum absolute atomic E-state index is 0.0275. The Kier molecular flexibility index (Phi) is 13.7. The highest BCUT2D eigenvalue weighted by molar-refractivity contribution is 7.96. The van der Waals surface area contributed by atoms with Crippen LogP contribution < -0.4 is 21.2 Å². The Balaban J connectivity index is 1.77. The van der Waals surface area contributed by atoms with Crippen LogP contribution in [0.3, 0.4) is 0 Å². The number of likely N-dealkylation sites (tertiary alicyclic amines) is 1. The van der Waals surface area contributed by atoms with E-state index in [9.17, 15) is 9.59 Å². The SMILES string of the molecule is C=CCOC(=O)C(N1C(=O)[C@H]([C@H](C)O[Si](C)(C)C(C)(C)C)[C@H]1CC(=O)c1ccc(CNCCO)cc1)=P(c1ccccc1)(c1ccccc1)c1ccccc1. The maximum absolute atomic E-state index is 15.1. The molecule has 1 aliphatic heterocycles. The van der Waals surface area contributed by atoms with Gasteiger partial charge in [-0.25, -0.2) is 4.79 Å². The minimum atomic E-state index is -3.17. The first-order valence-corrected chi connectivity index (χ1v) is 23.6. The third-order valence-corrected chi connectivity index (χ3v) is 19.7. The highest BCUT2D eigenvalue weighted by Gasteiger charge is 2.57. The first kappa shape index (κ1) is 41.8. The number of Topliss-reactive ketones (excluding diaryl/α,β-unsaturated/α-hetero) is 1. The molecule has 3 atom stereocenters. The van der Waals surface area contributed by atoms with Crippen LogP contribution in [0.2, 0.25) is 18.1 Å². The maximum Gasteiger partial charge on any atom is 0.356 e. The lowest BCUT2D eigenvalue weighted by Crippen LogP contribution is -2.69. The van der Waals surface area contributed by atoms with E-state index in [1.807, 2.05) is 110 Å². The van der Waals surface area contributed by atoms with E-state index in [1.54, 1.807) is 17.0 Å². The Morgan fingerprint density at radius 2 is 1.40 bits per heavy atom. The molecule has 0 aliphatic carbocycles. The van der Waals surface area contributed by atoms with Gasteiger partial charge in [0.1, 0.15) is 12.0 Å². The Morgan fingerprint density at radius 1 is 0.891 bits per heavy atom. The number of β-lactam (4-membered cyclic amide) rings is 1. The number of carbonyl (C=O) groups excluding carboxylic acids is 3. The van der Waals surface area contributed by atoms with Gasteiger partial charge in [0.25, 0.3) is 0 Å². The number of esters is 1. The van der Waals surface area contributed by atoms with Crippen molar-refractivity contribution in [3.8, 4) is 0 Å². The summed E-state index contributed by atoms with van der Waals surface area (Å²) in [5.41, 5.74) is 1.71. The van der Waals surface area contributed by atoms with Gasteiger partial charge in [0.05, 0.1) is 24.7 Å². The molecule has 0 unspecified atom stereocenters. The highest BCUT2D eigenvalue weighted by atomic mass is 31.2. The number of carbonyl (C=O) groups is 3. The number of nitrogens with one attached hydrogen (secondary N) is 1. The molecule has 55 heavy (non-hydrogen) atoms. The predicted molar refractivity (Wildman–Crippen MR) is 227 cm³/mol. The minimum Gasteiger partial charge on any atom is -0.457 e. The molecule has 8 nitrogen and oxygen atoms in total. The number of rotatable bonds is 17. The highest BCUT2D eigenvalue weighted by Crippen LogP contribution is 2.50. The van der Waals surface area contributed by atoms with Gasteiger partial charge in [-0.15, -0.1) is 0 Å². The summed E-state index contributed by atoms with van der Waals surface area (Å²) >= 11 is 0. The van der Waals surface area contributed by atoms with Crippen molar-refractivity contribution >= 4 is 54.2 Å². The van der Waals surface area contributed by atoms with Crippen LogP contribution in [0.5, 0.6) is 0 Å². The van der Waals surface area contributed by atoms with Gasteiger partial charge in [-0.2, -0.15) is 0 Å². The Hall–Kier alpha value is -4.37. The number of amides is 1. The first-order chi connectivity index (χ1) is 26.3. The summed E-state index contributed by atoms with van der Waals surface area (Å²) in [6, 6.07) is 36.2. The molecule has 1 amide bonds. The third-order valence-electron chi connectivity index (χ3n) is 10.8. The average Bonchev–Trinajstić information content (AvgIpc) is 3.17. The second-order valence-electron chi connectivity index (χ2n) is 15.5. The lowest BCUT2D eigenvalue weighted by Gasteiger charge is -2.53. The lowest BCUT2D eigenvalue weighted by atomic mass is 9.79. The summed E-state index contributed by atoms with van der Waals surface area (Å²) < 4.78 is 12.8. The topological polar surface area (TPSA) is 105 Å². The largest absolute Gasteiger partial charge is 0.457 e. The van der Waals surface area contributed by atoms with E-state index in [2.05, 4.69) is 45.8 Å². The van der Waals surface area contributed by atoms with Gasteiger partial charge in [-0.3, -0.25) is 9.59 Å². The van der Waals surface area contributed by atoms with Gasteiger partial charge in [-0.1, -0.05) is 149 Å². The van der Waals surface area contributed by atoms with Crippen LogP contribution in [0.15, 0.2) is 128 Å². The smallest absolute Gasteiger partial charge is 0.356 e. The summed E-state index contributed by atoms with van der Waals surface area (Å²) in [5.74, 6) is -1.74. The van der Waals surface area contributed by atoms with E-state index in [1.165, 1.54) is 6.08 Å². The number of hydrogen-bond acceptors (Lipinski definition) is 7. The summed E-state index contributed by atoms with van der Waals surface area (Å²) in [7, 11) is -2.36. The van der Waals surface area contributed by atoms with Crippen LogP contribution >= 0.6 is 6.89 Å². The summed E-state index contributed by atoms with van der Waals surface area (Å²) in [5, 5.41) is 14.8. The Morgan fingerprint density at radius 3 is 1.85 bits per heavy atom. The van der Waals surface area contributed by atoms with Crippen LogP contribution in [0.1, 0.15) is 50.0 Å². The van der Waals surface area contributed by atoms with Crippen molar-refractivity contribution in [1.82, 2.24) is 10.2 Å². The molecule has 0 radical (unpaired) electrons.